The van der Waals surface area contributed by atoms with Crippen molar-refractivity contribution in [1.82, 2.24) is 4.90 Å². The Morgan fingerprint density at radius 1 is 1.44 bits per heavy atom. The number of nitrogens with zero attached hydrogens (tertiary/aromatic N) is 1. The lowest BCUT2D eigenvalue weighted by Gasteiger charge is -2.35. The summed E-state index contributed by atoms with van der Waals surface area (Å²) < 4.78 is 0. The van der Waals surface area contributed by atoms with Gasteiger partial charge in [-0.1, -0.05) is 0 Å². The van der Waals surface area contributed by atoms with Crippen molar-refractivity contribution in [3.05, 3.63) is 0 Å². The number of aliphatic hydroxyl groups is 1. The van der Waals surface area contributed by atoms with E-state index < -0.39 is 0 Å². The van der Waals surface area contributed by atoms with Crippen molar-refractivity contribution >= 4 is 0 Å². The molecule has 2 heteroatoms. The predicted octanol–water partition coefficient (Wildman–Crippen LogP) is -0.0712. The molecule has 1 saturated heterocycles. The summed E-state index contributed by atoms with van der Waals surface area (Å²) >= 11 is 0. The molecule has 0 spiro atoms. The third kappa shape index (κ3) is 0.700. The van der Waals surface area contributed by atoms with Gasteiger partial charge in [-0.15, -0.1) is 0 Å². The Morgan fingerprint density at radius 2 is 2.22 bits per heavy atom. The highest BCUT2D eigenvalue weighted by Gasteiger charge is 2.44. The van der Waals surface area contributed by atoms with Crippen LogP contribution in [-0.4, -0.2) is 36.2 Å². The number of hydrogen-bond donors (Lipinski definition) is 1. The van der Waals surface area contributed by atoms with Gasteiger partial charge < -0.3 is 10.0 Å². The largest absolute Gasteiger partial charge is 0.393 e. The molecule has 3 atom stereocenters. The van der Waals surface area contributed by atoms with Gasteiger partial charge in [-0.05, 0) is 19.4 Å². The van der Waals surface area contributed by atoms with E-state index >= 15 is 0 Å². The van der Waals surface area contributed by atoms with Gasteiger partial charge in [0.1, 0.15) is 0 Å². The second-order valence-electron chi connectivity index (χ2n) is 3.45. The summed E-state index contributed by atoms with van der Waals surface area (Å²) in [5.41, 5.74) is 0. The molecule has 2 nitrogen and oxygen atoms in total. The van der Waals surface area contributed by atoms with E-state index in [1.807, 2.05) is 0 Å². The molecule has 0 bridgehead atoms. The molecule has 1 saturated carbocycles. The smallest absolute Gasteiger partial charge is 0.0587 e. The topological polar surface area (TPSA) is 23.5 Å². The van der Waals surface area contributed by atoms with Crippen molar-refractivity contribution in [1.29, 1.82) is 0 Å². The van der Waals surface area contributed by atoms with Crippen molar-refractivity contribution < 1.29 is 5.11 Å². The highest BCUT2D eigenvalue weighted by molar-refractivity contribution is 4.96. The first kappa shape index (κ1) is 5.69. The maximum atomic E-state index is 9.21. The molecule has 1 aliphatic heterocycles. The van der Waals surface area contributed by atoms with Crippen LogP contribution in [0, 0.1) is 11.8 Å². The molecular formula is C7H13NO. The summed E-state index contributed by atoms with van der Waals surface area (Å²) in [6.45, 7) is 2.33. The van der Waals surface area contributed by atoms with Gasteiger partial charge in [-0.25, -0.2) is 0 Å². The molecule has 1 N–H and O–H groups in total. The van der Waals surface area contributed by atoms with Crippen LogP contribution >= 0.6 is 0 Å². The van der Waals surface area contributed by atoms with Gasteiger partial charge in [0, 0.05) is 19.0 Å². The van der Waals surface area contributed by atoms with E-state index in [2.05, 4.69) is 11.9 Å². The second-order valence-corrected chi connectivity index (χ2v) is 3.45. The minimum atomic E-state index is 0.0277. The summed E-state index contributed by atoms with van der Waals surface area (Å²) in [5, 5.41) is 9.21. The van der Waals surface area contributed by atoms with Crippen molar-refractivity contribution in [2.75, 3.05) is 20.1 Å². The Labute approximate surface area is 55.5 Å². The van der Waals surface area contributed by atoms with Gasteiger partial charge in [-0.3, -0.25) is 0 Å². The fourth-order valence-corrected chi connectivity index (χ4v) is 2.09. The maximum Gasteiger partial charge on any atom is 0.0587 e. The Balaban J connectivity index is 2.00. The van der Waals surface area contributed by atoms with E-state index in [1.54, 1.807) is 0 Å². The average Bonchev–Trinajstić information content (AvgIpc) is 2.08. The Kier molecular flexibility index (Phi) is 1.08. The summed E-state index contributed by atoms with van der Waals surface area (Å²) in [5.74, 6) is 1.44. The molecule has 1 heterocycles. The lowest BCUT2D eigenvalue weighted by Crippen LogP contribution is -2.39. The van der Waals surface area contributed by atoms with Crippen molar-refractivity contribution in [2.24, 2.45) is 11.8 Å². The third-order valence-corrected chi connectivity index (χ3v) is 2.71. The summed E-state index contributed by atoms with van der Waals surface area (Å²) in [6.07, 6.45) is 1.08. The van der Waals surface area contributed by atoms with Crippen LogP contribution in [0.4, 0.5) is 0 Å². The van der Waals surface area contributed by atoms with E-state index in [9.17, 15) is 5.11 Å². The van der Waals surface area contributed by atoms with E-state index in [0.29, 0.717) is 5.92 Å². The Hall–Kier alpha value is -0.0800. The minimum Gasteiger partial charge on any atom is -0.393 e. The molecule has 9 heavy (non-hydrogen) atoms. The average molecular weight is 127 g/mol. The molecule has 0 amide bonds. The molecule has 0 aromatic rings. The molecule has 1 aliphatic carbocycles. The number of fused-ring (bicyclic) bond motifs is 1. The molecule has 0 aromatic carbocycles. The quantitative estimate of drug-likeness (QED) is 0.492. The van der Waals surface area contributed by atoms with Crippen LogP contribution in [0.15, 0.2) is 0 Å². The first-order valence-corrected chi connectivity index (χ1v) is 3.64. The SMILES string of the molecule is CN1CC2CC(O)C2C1. The number of aliphatic hydroxyl groups excluding tert-OH is 1. The van der Waals surface area contributed by atoms with E-state index in [-0.39, 0.29) is 6.10 Å². The first-order chi connectivity index (χ1) is 4.27. The summed E-state index contributed by atoms with van der Waals surface area (Å²) in [6, 6.07) is 0. The molecule has 0 radical (unpaired) electrons. The van der Waals surface area contributed by atoms with Gasteiger partial charge in [-0.2, -0.15) is 0 Å². The Bertz CT molecular complexity index is 126. The molecular weight excluding hydrogens is 114 g/mol. The Morgan fingerprint density at radius 3 is 2.67 bits per heavy atom. The van der Waals surface area contributed by atoms with E-state index in [1.165, 1.54) is 6.54 Å². The van der Waals surface area contributed by atoms with E-state index in [0.717, 1.165) is 18.9 Å². The van der Waals surface area contributed by atoms with Gasteiger partial charge in [0.2, 0.25) is 0 Å². The maximum absolute atomic E-state index is 9.21. The van der Waals surface area contributed by atoms with Crippen LogP contribution in [-0.2, 0) is 0 Å². The van der Waals surface area contributed by atoms with Gasteiger partial charge in [0.25, 0.3) is 0 Å². The lowest BCUT2D eigenvalue weighted by atomic mass is 9.74. The predicted molar refractivity (Wildman–Crippen MR) is 35.1 cm³/mol. The number of likely N-dealkylation sites (tertiary alicyclic amines) is 1. The van der Waals surface area contributed by atoms with Crippen LogP contribution in [0.2, 0.25) is 0 Å². The van der Waals surface area contributed by atoms with Crippen molar-refractivity contribution in [3.63, 3.8) is 0 Å². The van der Waals surface area contributed by atoms with Gasteiger partial charge in [0.05, 0.1) is 6.10 Å². The molecule has 2 fully saturated rings. The molecule has 0 aromatic heterocycles. The first-order valence-electron chi connectivity index (χ1n) is 3.64. The summed E-state index contributed by atoms with van der Waals surface area (Å²) in [4.78, 5) is 2.31. The van der Waals surface area contributed by atoms with Crippen molar-refractivity contribution in [3.8, 4) is 0 Å². The molecule has 2 aliphatic rings. The highest BCUT2D eigenvalue weighted by Crippen LogP contribution is 2.39. The second kappa shape index (κ2) is 1.70. The van der Waals surface area contributed by atoms with Crippen LogP contribution in [0.25, 0.3) is 0 Å². The third-order valence-electron chi connectivity index (χ3n) is 2.71. The zero-order valence-corrected chi connectivity index (χ0v) is 5.75. The monoisotopic (exact) mass is 127 g/mol. The fourth-order valence-electron chi connectivity index (χ4n) is 2.09. The van der Waals surface area contributed by atoms with E-state index in [4.69, 9.17) is 0 Å². The van der Waals surface area contributed by atoms with Crippen LogP contribution in [0.3, 0.4) is 0 Å². The zero-order chi connectivity index (χ0) is 6.43. The van der Waals surface area contributed by atoms with Crippen LogP contribution < -0.4 is 0 Å². The lowest BCUT2D eigenvalue weighted by molar-refractivity contribution is -0.00427. The van der Waals surface area contributed by atoms with Gasteiger partial charge in [0.15, 0.2) is 0 Å². The standard InChI is InChI=1S/C7H13NO/c1-8-3-5-2-7(9)6(5)4-8/h5-7,9H,2-4H2,1H3. The zero-order valence-electron chi connectivity index (χ0n) is 5.75. The van der Waals surface area contributed by atoms with Crippen LogP contribution in [0.1, 0.15) is 6.42 Å². The normalized spacial score (nSPS) is 50.7. The minimum absolute atomic E-state index is 0.0277. The van der Waals surface area contributed by atoms with Gasteiger partial charge >= 0.3 is 0 Å². The number of rotatable bonds is 0. The fraction of sp³-hybridized carbons (Fsp3) is 1.00. The molecule has 2 rings (SSSR count). The molecule has 3 unspecified atom stereocenters. The highest BCUT2D eigenvalue weighted by atomic mass is 16.3. The molecule has 52 valence electrons. The summed E-state index contributed by atoms with van der Waals surface area (Å²) in [7, 11) is 2.13. The van der Waals surface area contributed by atoms with Crippen molar-refractivity contribution in [2.45, 2.75) is 12.5 Å². The van der Waals surface area contributed by atoms with Crippen LogP contribution in [0.5, 0.6) is 0 Å². The number of hydrogen-bond acceptors (Lipinski definition) is 2.